The summed E-state index contributed by atoms with van der Waals surface area (Å²) in [5.74, 6) is -0.917. The van der Waals surface area contributed by atoms with Gasteiger partial charge in [0.25, 0.3) is 37.9 Å². The first kappa shape index (κ1) is 112. The number of phosphoric acid groups is 2. The van der Waals surface area contributed by atoms with Gasteiger partial charge in [-0.2, -0.15) is 15.0 Å². The SMILES string of the molecule is COCCO[C@H]1C(O)[C@@H](COP([O-])(=S)OC2[C@@H](COP(=O)([S-])OC3[C@@H](COP(=O)([O-])OC4[C@@H](COP(=O)([O-])OC5[C@@H](COP([O-])(=S)OC6C[C@H](n7cnc8c(=O)[nH]c(N)nc87)O[C@@H]6C)O[C@@H](n6cc(C)c(=O)[nH]c6=O)[C@H]5OCCOC)O[C@@H](n5cnc6c(=O)[nH]c(N)nc65)[C@H]4OCCOC)O[C@@H](n4cc(C)c(=O)[nH]c4=O)[C@H]3OCCOC)O[C@@H](n3cnc4c(N)ncnc43)[C@H]2OCCOC)O[C@H]1n1cc(C)c(N)nc1=O. The number of nitrogens with two attached hydrogens (primary N) is 4. The number of nitrogen functional groups attached to an aromatic ring is 4. The van der Waals surface area contributed by atoms with Gasteiger partial charge in [-0.15, -0.1) is 0 Å². The van der Waals surface area contributed by atoms with Crippen LogP contribution in [0.25, 0.3) is 33.5 Å². The van der Waals surface area contributed by atoms with Gasteiger partial charge in [-0.1, -0.05) is 23.6 Å². The second kappa shape index (κ2) is 47.8. The van der Waals surface area contributed by atoms with Crippen molar-refractivity contribution in [3.05, 3.63) is 133 Å². The van der Waals surface area contributed by atoms with E-state index in [2.05, 4.69) is 59.8 Å². The number of hydrogen-bond donors (Lipinski definition) is 9. The molecule has 11 unspecified atom stereocenters. The highest BCUT2D eigenvalue weighted by Crippen LogP contribution is 2.57. The predicted octanol–water partition coefficient (Wildman–Crippen LogP) is -5.21. The molecular formula is C75H102N22O41P5S3-5. The second-order valence-electron chi connectivity index (χ2n) is 33.2. The molecule has 6 fully saturated rings. The molecule has 9 aromatic rings. The maximum atomic E-state index is 15.6. The third-order valence-corrected chi connectivity index (χ3v) is 30.0. The molecule has 9 aromatic heterocycles. The highest BCUT2D eigenvalue weighted by atomic mass is 32.7. The van der Waals surface area contributed by atoms with E-state index in [-0.39, 0.29) is 115 Å². The number of ether oxygens (including phenoxy) is 16. The van der Waals surface area contributed by atoms with Crippen LogP contribution in [0.2, 0.25) is 0 Å². The van der Waals surface area contributed by atoms with Gasteiger partial charge in [-0.3, -0.25) is 80.2 Å². The van der Waals surface area contributed by atoms with Crippen LogP contribution in [0.4, 0.5) is 23.5 Å². The van der Waals surface area contributed by atoms with E-state index in [1.807, 2.05) is 0 Å². The Kier molecular flexibility index (Phi) is 36.6. The lowest BCUT2D eigenvalue weighted by Gasteiger charge is -2.36. The summed E-state index contributed by atoms with van der Waals surface area (Å²) >= 11 is 16.7. The number of aromatic nitrogens is 18. The Labute approximate surface area is 837 Å². The molecule has 0 spiro atoms. The van der Waals surface area contributed by atoms with Crippen molar-refractivity contribution < 1.29 is 159 Å². The van der Waals surface area contributed by atoms with Gasteiger partial charge < -0.3 is 181 Å². The molecule has 28 atom stereocenters. The van der Waals surface area contributed by atoms with Crippen molar-refractivity contribution in [3.63, 3.8) is 0 Å². The van der Waals surface area contributed by atoms with Crippen molar-refractivity contribution in [2.75, 3.05) is 158 Å². The average molecular weight is 2220 g/mol. The van der Waals surface area contributed by atoms with E-state index < -0.39 is 275 Å². The van der Waals surface area contributed by atoms with E-state index in [9.17, 15) is 43.6 Å². The van der Waals surface area contributed by atoms with Crippen molar-refractivity contribution in [1.29, 1.82) is 0 Å². The van der Waals surface area contributed by atoms with Gasteiger partial charge in [0, 0.05) is 77.3 Å². The highest BCUT2D eigenvalue weighted by Gasteiger charge is 2.57. The molecule has 15 heterocycles. The second-order valence-corrected chi connectivity index (χ2v) is 44.1. The zero-order valence-electron chi connectivity index (χ0n) is 78.4. The molecule has 0 aromatic carbocycles. The summed E-state index contributed by atoms with van der Waals surface area (Å²) in [4.78, 5) is 195. The van der Waals surface area contributed by atoms with Crippen LogP contribution in [-0.4, -0.2) is 331 Å². The number of aryl methyl sites for hydroxylation is 3. The third kappa shape index (κ3) is 25.9. The number of phosphoric ester groups is 2. The van der Waals surface area contributed by atoms with Crippen molar-refractivity contribution >= 4 is 129 Å². The number of aliphatic hydroxyl groups excluding tert-OH is 1. The average Bonchev–Trinajstić information content (AvgIpc) is 1.61. The van der Waals surface area contributed by atoms with Crippen molar-refractivity contribution in [1.82, 2.24) is 87.2 Å². The minimum absolute atomic E-state index is 0.0209. The summed E-state index contributed by atoms with van der Waals surface area (Å²) in [6.45, 7) is -17.8. The van der Waals surface area contributed by atoms with Crippen LogP contribution >= 0.6 is 35.9 Å². The van der Waals surface area contributed by atoms with Crippen LogP contribution in [0.3, 0.4) is 0 Å². The molecule has 0 saturated carbocycles. The molecule has 0 aliphatic carbocycles. The molecule has 0 bridgehead atoms. The van der Waals surface area contributed by atoms with Gasteiger partial charge in [0.15, 0.2) is 71.7 Å². The van der Waals surface area contributed by atoms with Crippen LogP contribution in [0.15, 0.2) is 77.5 Å². The van der Waals surface area contributed by atoms with Gasteiger partial charge in [0.1, 0.15) is 129 Å². The molecule has 71 heteroatoms. The molecule has 63 nitrogen and oxygen atoms in total. The third-order valence-electron chi connectivity index (χ3n) is 23.5. The van der Waals surface area contributed by atoms with Gasteiger partial charge in [-0.25, -0.2) is 39.3 Å². The van der Waals surface area contributed by atoms with Crippen LogP contribution in [0.1, 0.15) is 67.4 Å². The number of aliphatic hydroxyl groups is 1. The highest BCUT2D eigenvalue weighted by molar-refractivity contribution is 8.32. The molecule has 146 heavy (non-hydrogen) atoms. The zero-order chi connectivity index (χ0) is 105. The lowest BCUT2D eigenvalue weighted by molar-refractivity contribution is -0.241. The number of nitrogens with zero attached hydrogens (tertiary/aromatic N) is 14. The maximum absolute atomic E-state index is 15.6. The molecule has 13 N–H and O–H groups in total. The topological polar surface area (TPSA) is 823 Å². The fraction of sp³-hybridized carbons (Fsp3) is 0.640. The Morgan fingerprint density at radius 3 is 1.27 bits per heavy atom. The molecule has 6 aliphatic heterocycles. The lowest BCUT2D eigenvalue weighted by atomic mass is 10.1. The van der Waals surface area contributed by atoms with Crippen molar-refractivity contribution in [3.8, 4) is 0 Å². The van der Waals surface area contributed by atoms with E-state index in [1.165, 1.54) is 84.3 Å². The van der Waals surface area contributed by atoms with Crippen LogP contribution < -0.4 is 81.8 Å². The Balaban J connectivity index is 0.721. The quantitative estimate of drug-likeness (QED) is 0.00977. The summed E-state index contributed by atoms with van der Waals surface area (Å²) in [6.07, 6.45) is -31.2. The summed E-state index contributed by atoms with van der Waals surface area (Å²) in [5.41, 5.74) is 17.0. The number of fused-ring (bicyclic) bond motifs is 3. The lowest BCUT2D eigenvalue weighted by Crippen LogP contribution is -2.42. The molecule has 6 aliphatic rings. The molecule has 806 valence electrons. The molecule has 0 radical (unpaired) electrons. The van der Waals surface area contributed by atoms with E-state index in [1.54, 1.807) is 6.92 Å². The molecule has 0 amide bonds. The van der Waals surface area contributed by atoms with Crippen molar-refractivity contribution in [2.45, 2.75) is 175 Å². The minimum Gasteiger partial charge on any atom is -0.780 e. The largest absolute Gasteiger partial charge is 0.780 e. The number of imidazole rings is 3. The van der Waals surface area contributed by atoms with Crippen molar-refractivity contribution in [2.24, 2.45) is 0 Å². The smallest absolute Gasteiger partial charge is 0.351 e. The van der Waals surface area contributed by atoms with E-state index in [0.29, 0.717) is 5.56 Å². The Hall–Kier alpha value is -8.21. The van der Waals surface area contributed by atoms with Gasteiger partial charge in [0.2, 0.25) is 11.9 Å². The van der Waals surface area contributed by atoms with E-state index in [0.717, 1.165) is 43.3 Å². The standard InChI is InChI=1S/C75H107N22O41P5S3/c1-33-21-92(73(103)85-57(33)76)66-52(118-15-10-113-5)47(98)38(129-66)24-125-142(111,145)138-51-42(133-69(56(51)122-19-14-117-9)96-31-82-44-58(77)80-29-81-59(44)96)28-127-143(112,146)137-50-40(130-68(55(50)121-18-13-116-8)94-23-35(3)63(100)91-75(94)105)26-124-140(108,109)135-48-39(132-70(54(48)120-17-12-115-7)97-32-84-46-61(97)87-72(79)89-65(46)102)25-123-139(106,107)136-49-41(131-67(53(49)119-16-11-114-6)93-22-34(2)62(99)90-74(93)104)27-126-141(110,144)134-37-20-43(128-36(37)4)95-30-83-45-60(95)86-71(78)88-64(45)101/h21-23,29-32,36-43,47-56,66-70,98H,10-20,24-28H2,1-9H3,(H,106,107)(H,108,109)(H,110,144)(H,111,145)(H,112,146)(H2,76,85,103)(H2,77,80,81)(H,90,99,104)(H,91,100,105)(H3,78,86,88,101)(H3,79,87,89,102)/p-5/t36-,37?,38-,39-,40-,41-,42-,43-,47?,48?,49?,50?,51?,52+,53+,54+,55+,56+,66-,67-,68-,69-,70-,141?,142?,143?/m1/s1. The summed E-state index contributed by atoms with van der Waals surface area (Å²) in [5, 5.41) is 11.8. The number of H-pyrrole nitrogens is 4. The number of methoxy groups -OCH3 is 5. The number of rotatable bonds is 51. The fourth-order valence-electron chi connectivity index (χ4n) is 16.6. The first-order chi connectivity index (χ1) is 69.4. The Bertz CT molecular complexity index is 6820. The normalized spacial score (nSPS) is 29.1. The molecular weight excluding hydrogens is 2120 g/mol. The number of nitrogens with one attached hydrogen (secondary N) is 4. The van der Waals surface area contributed by atoms with E-state index in [4.69, 9.17) is 180 Å². The Morgan fingerprint density at radius 1 is 0.418 bits per heavy atom. The first-order valence-electron chi connectivity index (χ1n) is 44.1. The van der Waals surface area contributed by atoms with Gasteiger partial charge >= 0.3 is 17.1 Å². The van der Waals surface area contributed by atoms with Crippen LogP contribution in [0.5, 0.6) is 0 Å². The minimum atomic E-state index is -6.27. The predicted molar refractivity (Wildman–Crippen MR) is 495 cm³/mol. The number of aromatic amines is 4. The maximum Gasteiger partial charge on any atom is 0.351 e. The number of anilines is 4. The summed E-state index contributed by atoms with van der Waals surface area (Å²) in [6, 6.07) is 0. The molecule has 6 saturated heterocycles. The van der Waals surface area contributed by atoms with Crippen LogP contribution in [0, 0.1) is 20.8 Å². The fourth-order valence-corrected chi connectivity index (χ4v) is 22.8. The van der Waals surface area contributed by atoms with Gasteiger partial charge in [-0.05, 0) is 27.7 Å². The summed E-state index contributed by atoms with van der Waals surface area (Å²) in [7, 11) is -5.86. The number of hydrogen-bond acceptors (Lipinski definition) is 56. The molecule has 15 rings (SSSR count). The monoisotopic (exact) mass is 2220 g/mol. The van der Waals surface area contributed by atoms with E-state index >= 15 is 28.4 Å². The van der Waals surface area contributed by atoms with Crippen LogP contribution in [-0.2, 0) is 171 Å². The van der Waals surface area contributed by atoms with Gasteiger partial charge in [0.05, 0.1) is 130 Å². The zero-order valence-corrected chi connectivity index (χ0v) is 85.4. The Morgan fingerprint density at radius 2 is 0.795 bits per heavy atom. The summed E-state index contributed by atoms with van der Waals surface area (Å²) < 4.78 is 207. The first-order valence-corrected chi connectivity index (χ1v) is 54.7.